The van der Waals surface area contributed by atoms with Crippen molar-refractivity contribution in [1.82, 2.24) is 0 Å². The van der Waals surface area contributed by atoms with Gasteiger partial charge in [0.25, 0.3) is 0 Å². The number of rotatable bonds is 0. The first-order chi connectivity index (χ1) is 4.29. The predicted molar refractivity (Wildman–Crippen MR) is 48.2 cm³/mol. The first-order valence-electron chi connectivity index (χ1n) is 3.40. The Morgan fingerprint density at radius 3 is 2.78 bits per heavy atom. The summed E-state index contributed by atoms with van der Waals surface area (Å²) < 4.78 is 0. The molecule has 1 rings (SSSR count). The molecule has 0 N–H and O–H groups in total. The topological polar surface area (TPSA) is 0 Å². The minimum Gasteiger partial charge on any atom is -0.0891 e. The van der Waals surface area contributed by atoms with Crippen molar-refractivity contribution in [3.63, 3.8) is 0 Å². The van der Waals surface area contributed by atoms with Gasteiger partial charge in [0.05, 0.1) is 0 Å². The molecule has 1 fully saturated rings. The van der Waals surface area contributed by atoms with Crippen molar-refractivity contribution in [3.8, 4) is 0 Å². The third-order valence-electron chi connectivity index (χ3n) is 1.64. The lowest BCUT2D eigenvalue weighted by atomic mass is 10.2. The summed E-state index contributed by atoms with van der Waals surface area (Å²) in [5.74, 6) is 0. The van der Waals surface area contributed by atoms with Gasteiger partial charge in [0.1, 0.15) is 0 Å². The van der Waals surface area contributed by atoms with Gasteiger partial charge in [-0.3, -0.25) is 0 Å². The van der Waals surface area contributed by atoms with Crippen molar-refractivity contribution in [2.45, 2.75) is 35.3 Å². The van der Waals surface area contributed by atoms with Crippen molar-refractivity contribution in [3.05, 3.63) is 6.42 Å². The molecule has 2 atom stereocenters. The molecular formula is C7H11Br2. The van der Waals surface area contributed by atoms with Crippen molar-refractivity contribution >= 4 is 31.9 Å². The third kappa shape index (κ3) is 3.03. The number of hydrogen-bond donors (Lipinski definition) is 0. The summed E-state index contributed by atoms with van der Waals surface area (Å²) in [6, 6.07) is 0. The van der Waals surface area contributed by atoms with Gasteiger partial charge in [-0.15, -0.1) is 0 Å². The molecule has 0 nitrogen and oxygen atoms in total. The quantitative estimate of drug-likeness (QED) is 0.460. The summed E-state index contributed by atoms with van der Waals surface area (Å²) in [4.78, 5) is 1.40. The van der Waals surface area contributed by atoms with Gasteiger partial charge in [-0.05, 0) is 25.7 Å². The maximum atomic E-state index is 3.61. The SMILES string of the molecule is BrC1[CH]CC(Br)CCC1. The summed E-state index contributed by atoms with van der Waals surface area (Å²) in [7, 11) is 0. The fourth-order valence-corrected chi connectivity index (χ4v) is 2.14. The zero-order chi connectivity index (χ0) is 6.69. The highest BCUT2D eigenvalue weighted by atomic mass is 79.9. The summed E-state index contributed by atoms with van der Waals surface area (Å²) in [5, 5.41) is 0. The van der Waals surface area contributed by atoms with Crippen molar-refractivity contribution in [1.29, 1.82) is 0 Å². The smallest absolute Gasteiger partial charge is 0.0177 e. The fraction of sp³-hybridized carbons (Fsp3) is 0.857. The van der Waals surface area contributed by atoms with Crippen LogP contribution >= 0.6 is 31.9 Å². The van der Waals surface area contributed by atoms with Crippen LogP contribution in [0, 0.1) is 6.42 Å². The Labute approximate surface area is 73.7 Å². The number of hydrogen-bond acceptors (Lipinski definition) is 0. The van der Waals surface area contributed by atoms with Crippen LogP contribution in [0.15, 0.2) is 0 Å². The van der Waals surface area contributed by atoms with Gasteiger partial charge in [-0.1, -0.05) is 38.3 Å². The maximum absolute atomic E-state index is 3.61. The minimum atomic E-state index is 0.667. The highest BCUT2D eigenvalue weighted by Crippen LogP contribution is 2.26. The second-order valence-electron chi connectivity index (χ2n) is 2.52. The van der Waals surface area contributed by atoms with Crippen LogP contribution < -0.4 is 0 Å². The normalized spacial score (nSPS) is 38.0. The lowest BCUT2D eigenvalue weighted by molar-refractivity contribution is 0.725. The first kappa shape index (κ1) is 8.06. The van der Waals surface area contributed by atoms with Crippen LogP contribution in [0.4, 0.5) is 0 Å². The Morgan fingerprint density at radius 1 is 1.22 bits per heavy atom. The van der Waals surface area contributed by atoms with Crippen LogP contribution in [0.2, 0.25) is 0 Å². The predicted octanol–water partition coefficient (Wildman–Crippen LogP) is 3.29. The molecule has 1 aliphatic rings. The molecule has 1 radical (unpaired) electrons. The van der Waals surface area contributed by atoms with E-state index in [2.05, 4.69) is 38.3 Å². The van der Waals surface area contributed by atoms with E-state index >= 15 is 0 Å². The first-order valence-corrected chi connectivity index (χ1v) is 5.23. The van der Waals surface area contributed by atoms with Crippen LogP contribution in [-0.2, 0) is 0 Å². The van der Waals surface area contributed by atoms with Crippen molar-refractivity contribution in [2.75, 3.05) is 0 Å². The van der Waals surface area contributed by atoms with Crippen LogP contribution in [0.5, 0.6) is 0 Å². The third-order valence-corrected chi connectivity index (χ3v) is 3.31. The molecule has 2 unspecified atom stereocenters. The summed E-state index contributed by atoms with van der Waals surface area (Å²) >= 11 is 7.20. The van der Waals surface area contributed by atoms with Crippen LogP contribution in [-0.4, -0.2) is 9.65 Å². The molecule has 0 heterocycles. The molecule has 53 valence electrons. The van der Waals surface area contributed by atoms with Gasteiger partial charge in [-0.25, -0.2) is 0 Å². The molecule has 1 saturated carbocycles. The largest absolute Gasteiger partial charge is 0.0891 e. The molecule has 1 aliphatic carbocycles. The van der Waals surface area contributed by atoms with E-state index in [1.165, 1.54) is 25.7 Å². The molecule has 0 bridgehead atoms. The molecule has 0 spiro atoms. The molecule has 9 heavy (non-hydrogen) atoms. The molecule has 0 aromatic carbocycles. The zero-order valence-corrected chi connectivity index (χ0v) is 8.49. The summed E-state index contributed by atoms with van der Waals surface area (Å²) in [6.07, 6.45) is 7.56. The van der Waals surface area contributed by atoms with E-state index in [4.69, 9.17) is 0 Å². The molecule has 0 saturated heterocycles. The van der Waals surface area contributed by atoms with E-state index in [0.29, 0.717) is 4.83 Å². The molecule has 2 heteroatoms. The maximum Gasteiger partial charge on any atom is 0.0177 e. The van der Waals surface area contributed by atoms with E-state index in [-0.39, 0.29) is 0 Å². The van der Waals surface area contributed by atoms with Gasteiger partial charge >= 0.3 is 0 Å². The molecule has 0 aliphatic heterocycles. The van der Waals surface area contributed by atoms with E-state index in [1.807, 2.05) is 0 Å². The lowest BCUT2D eigenvalue weighted by Crippen LogP contribution is -1.96. The number of alkyl halides is 2. The summed E-state index contributed by atoms with van der Waals surface area (Å²) in [6.45, 7) is 0. The number of halogens is 2. The molecule has 0 aromatic rings. The van der Waals surface area contributed by atoms with Gasteiger partial charge in [0, 0.05) is 9.65 Å². The van der Waals surface area contributed by atoms with E-state index < -0.39 is 0 Å². The molecule has 0 amide bonds. The average Bonchev–Trinajstić information content (AvgIpc) is 1.97. The van der Waals surface area contributed by atoms with Crippen LogP contribution in [0.1, 0.15) is 25.7 Å². The van der Waals surface area contributed by atoms with E-state index in [1.54, 1.807) is 0 Å². The lowest BCUT2D eigenvalue weighted by Gasteiger charge is -2.02. The van der Waals surface area contributed by atoms with Gasteiger partial charge in [0.15, 0.2) is 0 Å². The minimum absolute atomic E-state index is 0.667. The van der Waals surface area contributed by atoms with Crippen LogP contribution in [0.25, 0.3) is 0 Å². The monoisotopic (exact) mass is 253 g/mol. The van der Waals surface area contributed by atoms with Crippen molar-refractivity contribution < 1.29 is 0 Å². The fourth-order valence-electron chi connectivity index (χ4n) is 1.07. The van der Waals surface area contributed by atoms with Crippen molar-refractivity contribution in [2.24, 2.45) is 0 Å². The highest BCUT2D eigenvalue weighted by Gasteiger charge is 2.13. The van der Waals surface area contributed by atoms with E-state index in [0.717, 1.165) is 4.83 Å². The van der Waals surface area contributed by atoms with Crippen LogP contribution in [0.3, 0.4) is 0 Å². The Balaban J connectivity index is 2.25. The Bertz CT molecular complexity index is 73.0. The average molecular weight is 255 g/mol. The van der Waals surface area contributed by atoms with Gasteiger partial charge in [-0.2, -0.15) is 0 Å². The second kappa shape index (κ2) is 3.97. The van der Waals surface area contributed by atoms with E-state index in [9.17, 15) is 0 Å². The Kier molecular flexibility index (Phi) is 3.55. The van der Waals surface area contributed by atoms with Gasteiger partial charge in [0.2, 0.25) is 0 Å². The Morgan fingerprint density at radius 2 is 2.00 bits per heavy atom. The second-order valence-corrected chi connectivity index (χ2v) is 4.99. The Hall–Kier alpha value is 0.960. The highest BCUT2D eigenvalue weighted by molar-refractivity contribution is 9.09. The molecular weight excluding hydrogens is 244 g/mol. The summed E-state index contributed by atoms with van der Waals surface area (Å²) in [5.41, 5.74) is 0. The zero-order valence-electron chi connectivity index (χ0n) is 5.32. The molecule has 0 aromatic heterocycles. The van der Waals surface area contributed by atoms with Gasteiger partial charge < -0.3 is 0 Å². The standard InChI is InChI=1S/C7H11Br2/c8-6-2-1-3-7(9)5-4-6/h4,6-7H,1-3,5H2.